The fourth-order valence-corrected chi connectivity index (χ4v) is 1.98. The summed E-state index contributed by atoms with van der Waals surface area (Å²) >= 11 is 0. The summed E-state index contributed by atoms with van der Waals surface area (Å²) in [5.74, 6) is 0. The highest BCUT2D eigenvalue weighted by Gasteiger charge is 2.44. The lowest BCUT2D eigenvalue weighted by Crippen LogP contribution is -2.64. The summed E-state index contributed by atoms with van der Waals surface area (Å²) in [6.45, 7) is 8.49. The molecule has 1 amide bonds. The van der Waals surface area contributed by atoms with Crippen LogP contribution in [0.3, 0.4) is 0 Å². The molecule has 0 radical (unpaired) electrons. The Kier molecular flexibility index (Phi) is 4.42. The van der Waals surface area contributed by atoms with Crippen molar-refractivity contribution in [3.8, 4) is 0 Å². The van der Waals surface area contributed by atoms with Crippen LogP contribution in [0.25, 0.3) is 0 Å². The monoisotopic (exact) mass is 243 g/mol. The molecule has 0 aliphatic carbocycles. The molecule has 4 nitrogen and oxygen atoms in total. The van der Waals surface area contributed by atoms with Crippen molar-refractivity contribution in [1.29, 1.82) is 0 Å². The van der Waals surface area contributed by atoms with Crippen molar-refractivity contribution in [3.05, 3.63) is 0 Å². The normalized spacial score (nSPS) is 18.8. The summed E-state index contributed by atoms with van der Waals surface area (Å²) in [5.41, 5.74) is -1.14. The number of β-amino-alcohol motifs (C(OH)–C–C–N with tert-alkyl or cyclic N) is 1. The lowest BCUT2D eigenvalue weighted by Gasteiger charge is -2.46. The highest BCUT2D eigenvalue weighted by molar-refractivity contribution is 5.69. The first kappa shape index (κ1) is 14.3. The van der Waals surface area contributed by atoms with Crippen LogP contribution in [-0.4, -0.2) is 40.4 Å². The third-order valence-electron chi connectivity index (χ3n) is 2.87. The topological polar surface area (TPSA) is 49.8 Å². The molecule has 1 N–H and O–H groups in total. The highest BCUT2D eigenvalue weighted by Crippen LogP contribution is 2.28. The lowest BCUT2D eigenvalue weighted by atomic mass is 9.88. The van der Waals surface area contributed by atoms with E-state index in [2.05, 4.69) is 6.92 Å². The fraction of sp³-hybridized carbons (Fsp3) is 0.923. The van der Waals surface area contributed by atoms with Crippen molar-refractivity contribution in [2.45, 2.75) is 64.6 Å². The molecule has 1 aliphatic rings. The van der Waals surface area contributed by atoms with Crippen molar-refractivity contribution >= 4 is 6.09 Å². The summed E-state index contributed by atoms with van der Waals surface area (Å²) in [6, 6.07) is 0. The number of rotatable bonds is 4. The zero-order chi connectivity index (χ0) is 13.1. The van der Waals surface area contributed by atoms with E-state index in [4.69, 9.17) is 4.74 Å². The van der Waals surface area contributed by atoms with Gasteiger partial charge in [0, 0.05) is 0 Å². The number of carbonyl (C=O) groups excluding carboxylic acids is 1. The number of ether oxygens (including phenoxy) is 1. The number of nitrogens with zero attached hydrogens (tertiary/aromatic N) is 1. The lowest BCUT2D eigenvalue weighted by molar-refractivity contribution is -0.103. The average Bonchev–Trinajstić information content (AvgIpc) is 2.11. The van der Waals surface area contributed by atoms with Gasteiger partial charge < -0.3 is 14.7 Å². The number of unbranched alkanes of at least 4 members (excludes halogenated alkanes) is 2. The van der Waals surface area contributed by atoms with E-state index in [1.54, 1.807) is 4.90 Å². The Morgan fingerprint density at radius 1 is 1.35 bits per heavy atom. The van der Waals surface area contributed by atoms with Crippen LogP contribution in [0, 0.1) is 0 Å². The molecule has 1 fully saturated rings. The molecule has 100 valence electrons. The summed E-state index contributed by atoms with van der Waals surface area (Å²) < 4.78 is 5.24. The minimum absolute atomic E-state index is 0.322. The Balaban J connectivity index is 2.28. The van der Waals surface area contributed by atoms with Gasteiger partial charge in [0.25, 0.3) is 0 Å². The molecule has 4 heteroatoms. The van der Waals surface area contributed by atoms with Crippen LogP contribution in [0.1, 0.15) is 53.4 Å². The van der Waals surface area contributed by atoms with E-state index in [0.29, 0.717) is 13.1 Å². The van der Waals surface area contributed by atoms with E-state index in [1.807, 2.05) is 20.8 Å². The number of carbonyl (C=O) groups is 1. The van der Waals surface area contributed by atoms with Gasteiger partial charge in [-0.1, -0.05) is 26.2 Å². The smallest absolute Gasteiger partial charge is 0.410 e. The van der Waals surface area contributed by atoms with Gasteiger partial charge in [0.1, 0.15) is 5.60 Å². The Labute approximate surface area is 104 Å². The summed E-state index contributed by atoms with van der Waals surface area (Å²) in [5, 5.41) is 10.1. The Morgan fingerprint density at radius 2 is 1.94 bits per heavy atom. The van der Waals surface area contributed by atoms with Gasteiger partial charge in [-0.05, 0) is 27.2 Å². The zero-order valence-corrected chi connectivity index (χ0v) is 11.5. The molecule has 0 bridgehead atoms. The van der Waals surface area contributed by atoms with Crippen molar-refractivity contribution < 1.29 is 14.6 Å². The Morgan fingerprint density at radius 3 is 2.41 bits per heavy atom. The molecule has 17 heavy (non-hydrogen) atoms. The molecule has 0 saturated carbocycles. The first-order valence-corrected chi connectivity index (χ1v) is 6.46. The Bertz CT molecular complexity index is 264. The second-order valence-electron chi connectivity index (χ2n) is 6.02. The maximum absolute atomic E-state index is 11.7. The standard InChI is InChI=1S/C13H25NO3/c1-5-6-7-8-13(16)9-14(10-13)11(15)17-12(2,3)4/h16H,5-10H2,1-4H3. The fourth-order valence-electron chi connectivity index (χ4n) is 1.98. The third-order valence-corrected chi connectivity index (χ3v) is 2.87. The van der Waals surface area contributed by atoms with Crippen LogP contribution in [0.15, 0.2) is 0 Å². The number of aliphatic hydroxyl groups is 1. The number of hydrogen-bond donors (Lipinski definition) is 1. The largest absolute Gasteiger partial charge is 0.444 e. The zero-order valence-electron chi connectivity index (χ0n) is 11.5. The van der Waals surface area contributed by atoms with Gasteiger partial charge in [-0.25, -0.2) is 4.79 Å². The highest BCUT2D eigenvalue weighted by atomic mass is 16.6. The first-order chi connectivity index (χ1) is 7.76. The number of amides is 1. The van der Waals surface area contributed by atoms with Gasteiger partial charge in [0.2, 0.25) is 0 Å². The third kappa shape index (κ3) is 4.54. The molecule has 1 rings (SSSR count). The minimum Gasteiger partial charge on any atom is -0.444 e. The van der Waals surface area contributed by atoms with E-state index in [1.165, 1.54) is 0 Å². The molecular formula is C13H25NO3. The van der Waals surface area contributed by atoms with Crippen LogP contribution >= 0.6 is 0 Å². The molecule has 0 aromatic heterocycles. The van der Waals surface area contributed by atoms with Gasteiger partial charge in [0.05, 0.1) is 18.7 Å². The number of likely N-dealkylation sites (tertiary alicyclic amines) is 1. The van der Waals surface area contributed by atoms with Crippen molar-refractivity contribution in [3.63, 3.8) is 0 Å². The van der Waals surface area contributed by atoms with Gasteiger partial charge >= 0.3 is 6.09 Å². The van der Waals surface area contributed by atoms with E-state index < -0.39 is 11.2 Å². The summed E-state index contributed by atoms with van der Waals surface area (Å²) in [7, 11) is 0. The van der Waals surface area contributed by atoms with E-state index in [0.717, 1.165) is 25.7 Å². The van der Waals surface area contributed by atoms with E-state index >= 15 is 0 Å². The molecule has 1 saturated heterocycles. The maximum atomic E-state index is 11.7. The molecule has 0 aromatic carbocycles. The molecule has 0 unspecified atom stereocenters. The van der Waals surface area contributed by atoms with Gasteiger partial charge in [0.15, 0.2) is 0 Å². The van der Waals surface area contributed by atoms with E-state index in [9.17, 15) is 9.90 Å². The molecule has 0 spiro atoms. The van der Waals surface area contributed by atoms with Crippen LogP contribution < -0.4 is 0 Å². The maximum Gasteiger partial charge on any atom is 0.410 e. The Hall–Kier alpha value is -0.770. The van der Waals surface area contributed by atoms with Gasteiger partial charge in [-0.3, -0.25) is 0 Å². The van der Waals surface area contributed by atoms with Crippen LogP contribution in [0.4, 0.5) is 4.79 Å². The van der Waals surface area contributed by atoms with Crippen LogP contribution in [-0.2, 0) is 4.74 Å². The quantitative estimate of drug-likeness (QED) is 0.772. The molecule has 0 atom stereocenters. The van der Waals surface area contributed by atoms with Gasteiger partial charge in [-0.15, -0.1) is 0 Å². The average molecular weight is 243 g/mol. The van der Waals surface area contributed by atoms with Crippen molar-refractivity contribution in [2.75, 3.05) is 13.1 Å². The second kappa shape index (κ2) is 5.25. The van der Waals surface area contributed by atoms with Gasteiger partial charge in [-0.2, -0.15) is 0 Å². The predicted octanol–water partition coefficient (Wildman–Crippen LogP) is 2.55. The molecular weight excluding hydrogens is 218 g/mol. The predicted molar refractivity (Wildman–Crippen MR) is 66.9 cm³/mol. The minimum atomic E-state index is -0.675. The van der Waals surface area contributed by atoms with Crippen molar-refractivity contribution in [2.24, 2.45) is 0 Å². The SMILES string of the molecule is CCCCCC1(O)CN(C(=O)OC(C)(C)C)C1. The first-order valence-electron chi connectivity index (χ1n) is 6.46. The van der Waals surface area contributed by atoms with Crippen molar-refractivity contribution in [1.82, 2.24) is 4.90 Å². The second-order valence-corrected chi connectivity index (χ2v) is 6.02. The molecule has 1 heterocycles. The van der Waals surface area contributed by atoms with E-state index in [-0.39, 0.29) is 6.09 Å². The van der Waals surface area contributed by atoms with Crippen LogP contribution in [0.2, 0.25) is 0 Å². The number of hydrogen-bond acceptors (Lipinski definition) is 3. The van der Waals surface area contributed by atoms with Crippen LogP contribution in [0.5, 0.6) is 0 Å². The molecule has 1 aliphatic heterocycles. The molecule has 0 aromatic rings. The summed E-state index contributed by atoms with van der Waals surface area (Å²) in [4.78, 5) is 13.2. The summed E-state index contributed by atoms with van der Waals surface area (Å²) in [6.07, 6.45) is 3.76.